The summed E-state index contributed by atoms with van der Waals surface area (Å²) in [6, 6.07) is 17.8. The quantitative estimate of drug-likeness (QED) is 0.261. The molecule has 11 heteroatoms. The molecule has 6 rings (SSSR count). The highest BCUT2D eigenvalue weighted by Crippen LogP contribution is 2.40. The topological polar surface area (TPSA) is 127 Å². The molecule has 2 aromatic heterocycles. The van der Waals surface area contributed by atoms with Gasteiger partial charge in [0.15, 0.2) is 11.5 Å². The lowest BCUT2D eigenvalue weighted by Crippen LogP contribution is -2.37. The number of rotatable bonds is 9. The van der Waals surface area contributed by atoms with Crippen molar-refractivity contribution in [1.82, 2.24) is 9.55 Å². The SMILES string of the molecule is COc1cc2c(cc1OCCCC(=O)Nc1cccc(C(=O)Nc3cc(C)n(C)c3)n1)N=CC1Cc3ccccc3N1C2=O. The molecule has 0 aliphatic carbocycles. The van der Waals surface area contributed by atoms with Gasteiger partial charge in [0.2, 0.25) is 5.91 Å². The lowest BCUT2D eigenvalue weighted by molar-refractivity contribution is -0.116. The number of pyridine rings is 1. The number of nitrogens with zero attached hydrogens (tertiary/aromatic N) is 4. The van der Waals surface area contributed by atoms with Gasteiger partial charge in [-0.25, -0.2) is 4.98 Å². The van der Waals surface area contributed by atoms with Crippen LogP contribution < -0.4 is 25.0 Å². The molecule has 0 radical (unpaired) electrons. The second kappa shape index (κ2) is 12.0. The minimum atomic E-state index is -0.369. The number of amides is 3. The highest BCUT2D eigenvalue weighted by Gasteiger charge is 2.36. The summed E-state index contributed by atoms with van der Waals surface area (Å²) in [5.41, 5.74) is 4.82. The van der Waals surface area contributed by atoms with Gasteiger partial charge in [0.25, 0.3) is 11.8 Å². The summed E-state index contributed by atoms with van der Waals surface area (Å²) < 4.78 is 13.4. The number of hydrogen-bond donors (Lipinski definition) is 2. The van der Waals surface area contributed by atoms with E-state index in [0.29, 0.717) is 41.3 Å². The number of methoxy groups -OCH3 is 1. The van der Waals surface area contributed by atoms with E-state index < -0.39 is 0 Å². The lowest BCUT2D eigenvalue weighted by Gasteiger charge is -2.22. The molecule has 2 aliphatic heterocycles. The fraction of sp³-hybridized carbons (Fsp3) is 0.242. The maximum atomic E-state index is 13.6. The van der Waals surface area contributed by atoms with Crippen molar-refractivity contribution in [3.8, 4) is 11.5 Å². The Hall–Kier alpha value is -5.45. The highest BCUT2D eigenvalue weighted by molar-refractivity contribution is 6.14. The van der Waals surface area contributed by atoms with Crippen LogP contribution in [0.25, 0.3) is 0 Å². The zero-order valence-electron chi connectivity index (χ0n) is 24.7. The van der Waals surface area contributed by atoms with Crippen molar-refractivity contribution in [2.24, 2.45) is 12.0 Å². The Labute approximate surface area is 254 Å². The van der Waals surface area contributed by atoms with Gasteiger partial charge in [0.05, 0.1) is 36.7 Å². The van der Waals surface area contributed by atoms with E-state index in [1.54, 1.807) is 41.4 Å². The number of benzene rings is 2. The molecule has 1 atom stereocenters. The first-order valence-corrected chi connectivity index (χ1v) is 14.3. The number of nitrogens with one attached hydrogen (secondary N) is 2. The van der Waals surface area contributed by atoms with Crippen LogP contribution >= 0.6 is 0 Å². The van der Waals surface area contributed by atoms with E-state index in [0.717, 1.165) is 16.9 Å². The molecule has 11 nitrogen and oxygen atoms in total. The predicted molar refractivity (Wildman–Crippen MR) is 168 cm³/mol. The molecule has 4 heterocycles. The fourth-order valence-electron chi connectivity index (χ4n) is 5.38. The van der Waals surface area contributed by atoms with Crippen LogP contribution in [0, 0.1) is 6.92 Å². The van der Waals surface area contributed by atoms with Gasteiger partial charge in [-0.1, -0.05) is 24.3 Å². The number of hydrogen-bond acceptors (Lipinski definition) is 7. The van der Waals surface area contributed by atoms with Gasteiger partial charge in [-0.05, 0) is 49.2 Å². The molecule has 0 spiro atoms. The van der Waals surface area contributed by atoms with E-state index in [9.17, 15) is 14.4 Å². The number of aliphatic imine (C=N–C) groups is 1. The molecule has 0 fully saturated rings. The summed E-state index contributed by atoms with van der Waals surface area (Å²) in [7, 11) is 3.41. The molecule has 2 aromatic carbocycles. The molecule has 224 valence electrons. The van der Waals surface area contributed by atoms with Crippen molar-refractivity contribution in [3.63, 3.8) is 0 Å². The molecule has 44 heavy (non-hydrogen) atoms. The van der Waals surface area contributed by atoms with Crippen molar-refractivity contribution in [2.75, 3.05) is 29.3 Å². The number of ether oxygens (including phenoxy) is 2. The van der Waals surface area contributed by atoms with E-state index in [4.69, 9.17) is 9.47 Å². The van der Waals surface area contributed by atoms with Gasteiger partial charge in [-0.2, -0.15) is 0 Å². The Morgan fingerprint density at radius 1 is 1.05 bits per heavy atom. The Morgan fingerprint density at radius 2 is 1.89 bits per heavy atom. The summed E-state index contributed by atoms with van der Waals surface area (Å²) in [6.07, 6.45) is 4.91. The van der Waals surface area contributed by atoms with Crippen molar-refractivity contribution in [1.29, 1.82) is 0 Å². The third-order valence-electron chi connectivity index (χ3n) is 7.70. The number of aryl methyl sites for hydroxylation is 2. The Kier molecular flexibility index (Phi) is 7.84. The maximum Gasteiger partial charge on any atom is 0.274 e. The normalized spacial score (nSPS) is 14.8. The van der Waals surface area contributed by atoms with E-state index in [1.807, 2.05) is 55.1 Å². The van der Waals surface area contributed by atoms with E-state index in [2.05, 4.69) is 20.6 Å². The molecule has 0 saturated heterocycles. The van der Waals surface area contributed by atoms with Crippen LogP contribution in [-0.2, 0) is 18.3 Å². The molecule has 3 amide bonds. The van der Waals surface area contributed by atoms with Crippen molar-refractivity contribution >= 4 is 46.8 Å². The molecule has 0 bridgehead atoms. The molecule has 0 saturated carbocycles. The van der Waals surface area contributed by atoms with Crippen LogP contribution in [0.1, 0.15) is 44.9 Å². The van der Waals surface area contributed by atoms with Gasteiger partial charge < -0.3 is 24.7 Å². The standard InChI is InChI=1S/C33H32N6O5/c1-20-14-22(19-38(20)2)35-32(41)25-9-6-11-30(36-25)37-31(40)12-7-13-44-29-17-26-24(16-28(29)43-3)33(42)39-23(18-34-26)15-21-8-4-5-10-27(21)39/h4-6,8-11,14,16-19,23H,7,12-13,15H2,1-3H3,(H,35,41)(H,36,37,40). The second-order valence-corrected chi connectivity index (χ2v) is 10.7. The fourth-order valence-corrected chi connectivity index (χ4v) is 5.38. The molecule has 4 aromatic rings. The Morgan fingerprint density at radius 3 is 2.68 bits per heavy atom. The summed E-state index contributed by atoms with van der Waals surface area (Å²) in [6.45, 7) is 2.17. The molecular formula is C33H32N6O5. The number of anilines is 3. The van der Waals surface area contributed by atoms with Gasteiger partial charge in [0, 0.05) is 49.7 Å². The van der Waals surface area contributed by atoms with Crippen LogP contribution in [0.3, 0.4) is 0 Å². The van der Waals surface area contributed by atoms with E-state index in [-0.39, 0.29) is 48.3 Å². The average molecular weight is 593 g/mol. The van der Waals surface area contributed by atoms with Crippen LogP contribution in [0.15, 0.2) is 71.9 Å². The van der Waals surface area contributed by atoms with Gasteiger partial charge in [-0.15, -0.1) is 0 Å². The maximum absolute atomic E-state index is 13.6. The first kappa shape index (κ1) is 28.7. The molecule has 2 N–H and O–H groups in total. The van der Waals surface area contributed by atoms with Crippen molar-refractivity contribution < 1.29 is 23.9 Å². The smallest absolute Gasteiger partial charge is 0.274 e. The van der Waals surface area contributed by atoms with Crippen LogP contribution in [-0.4, -0.2) is 53.2 Å². The largest absolute Gasteiger partial charge is 0.493 e. The lowest BCUT2D eigenvalue weighted by atomic mass is 10.1. The highest BCUT2D eigenvalue weighted by atomic mass is 16.5. The van der Waals surface area contributed by atoms with Crippen LogP contribution in [0.4, 0.5) is 22.9 Å². The zero-order valence-corrected chi connectivity index (χ0v) is 24.7. The first-order valence-electron chi connectivity index (χ1n) is 14.3. The third kappa shape index (κ3) is 5.76. The van der Waals surface area contributed by atoms with E-state index in [1.165, 1.54) is 7.11 Å². The summed E-state index contributed by atoms with van der Waals surface area (Å²) in [5.74, 6) is 0.360. The van der Waals surface area contributed by atoms with Gasteiger partial charge >= 0.3 is 0 Å². The van der Waals surface area contributed by atoms with Crippen molar-refractivity contribution in [2.45, 2.75) is 32.2 Å². The first-order chi connectivity index (χ1) is 21.3. The number of fused-ring (bicyclic) bond motifs is 4. The summed E-state index contributed by atoms with van der Waals surface area (Å²) >= 11 is 0. The molecular weight excluding hydrogens is 560 g/mol. The Bertz CT molecular complexity index is 1780. The number of aromatic nitrogens is 2. The third-order valence-corrected chi connectivity index (χ3v) is 7.70. The number of carbonyl (C=O) groups is 3. The van der Waals surface area contributed by atoms with Crippen LogP contribution in [0.5, 0.6) is 11.5 Å². The molecule has 2 aliphatic rings. The second-order valence-electron chi connectivity index (χ2n) is 10.7. The number of para-hydroxylation sites is 1. The molecule has 1 unspecified atom stereocenters. The van der Waals surface area contributed by atoms with E-state index >= 15 is 0 Å². The monoisotopic (exact) mass is 592 g/mol. The van der Waals surface area contributed by atoms with Gasteiger partial charge in [0.1, 0.15) is 11.5 Å². The van der Waals surface area contributed by atoms with Crippen LogP contribution in [0.2, 0.25) is 0 Å². The summed E-state index contributed by atoms with van der Waals surface area (Å²) in [5, 5.41) is 5.55. The van der Waals surface area contributed by atoms with Crippen molar-refractivity contribution in [3.05, 3.63) is 89.4 Å². The zero-order chi connectivity index (χ0) is 30.8. The minimum absolute atomic E-state index is 0.140. The van der Waals surface area contributed by atoms with Gasteiger partial charge in [-0.3, -0.25) is 24.3 Å². The summed E-state index contributed by atoms with van der Waals surface area (Å²) in [4.78, 5) is 49.5. The number of carbonyl (C=O) groups excluding carboxylic acids is 3. The average Bonchev–Trinajstić information content (AvgIpc) is 3.51. The predicted octanol–water partition coefficient (Wildman–Crippen LogP) is 5.07. The Balaban J connectivity index is 1.05. The minimum Gasteiger partial charge on any atom is -0.493 e.